The number of amides is 1. The molecule has 4 heteroatoms. The number of hydrogen-bond donors (Lipinski definition) is 1. The molecule has 0 aromatic carbocycles. The van der Waals surface area contributed by atoms with Gasteiger partial charge >= 0.3 is 0 Å². The molecule has 0 fully saturated rings. The smallest absolute Gasteiger partial charge is 0.224 e. The van der Waals surface area contributed by atoms with E-state index in [0.29, 0.717) is 12.3 Å². The molecule has 4 nitrogen and oxygen atoms in total. The Bertz CT molecular complexity index is 380. The molecule has 1 N–H and O–H groups in total. The van der Waals surface area contributed by atoms with E-state index < -0.39 is 0 Å². The monoisotopic (exact) mass is 223 g/mol. The molecule has 0 atom stereocenters. The van der Waals surface area contributed by atoms with Crippen LogP contribution in [0.25, 0.3) is 0 Å². The summed E-state index contributed by atoms with van der Waals surface area (Å²) in [5.74, 6) is 0.563. The Morgan fingerprint density at radius 1 is 1.44 bits per heavy atom. The molecule has 0 aliphatic rings. The number of hydrogen-bond acceptors (Lipinski definition) is 2. The highest BCUT2D eigenvalue weighted by Crippen LogP contribution is 2.12. The summed E-state index contributed by atoms with van der Waals surface area (Å²) in [7, 11) is 1.90. The number of rotatable bonds is 4. The van der Waals surface area contributed by atoms with Gasteiger partial charge in [-0.05, 0) is 19.8 Å². The Morgan fingerprint density at radius 2 is 2.06 bits per heavy atom. The molecule has 0 aliphatic carbocycles. The molecule has 16 heavy (non-hydrogen) atoms. The van der Waals surface area contributed by atoms with Crippen LogP contribution in [0.2, 0.25) is 0 Å². The highest BCUT2D eigenvalue weighted by Gasteiger charge is 2.13. The third kappa shape index (κ3) is 3.08. The number of aromatic nitrogens is 2. The van der Waals surface area contributed by atoms with E-state index in [4.69, 9.17) is 0 Å². The van der Waals surface area contributed by atoms with Crippen LogP contribution in [-0.2, 0) is 18.3 Å². The fourth-order valence-corrected chi connectivity index (χ4v) is 1.61. The van der Waals surface area contributed by atoms with Gasteiger partial charge < -0.3 is 5.32 Å². The molecule has 1 rings (SSSR count). The summed E-state index contributed by atoms with van der Waals surface area (Å²) in [4.78, 5) is 11.7. The number of nitrogens with one attached hydrogen (secondary N) is 1. The van der Waals surface area contributed by atoms with Crippen LogP contribution >= 0.6 is 0 Å². The predicted octanol–water partition coefficient (Wildman–Crippen LogP) is 1.35. The standard InChI is InChI=1S/C12H21N3O/c1-8(2)7-13-12(16)6-11-9(3)14-15(5)10(11)4/h8H,6-7H2,1-5H3,(H,13,16). The molecule has 0 bridgehead atoms. The molecule has 0 radical (unpaired) electrons. The van der Waals surface area contributed by atoms with Gasteiger partial charge in [-0.1, -0.05) is 13.8 Å². The minimum absolute atomic E-state index is 0.0768. The van der Waals surface area contributed by atoms with Crippen molar-refractivity contribution >= 4 is 5.91 Å². The molecule has 0 unspecified atom stereocenters. The molecule has 0 saturated heterocycles. The quantitative estimate of drug-likeness (QED) is 0.837. The summed E-state index contributed by atoms with van der Waals surface area (Å²) in [6, 6.07) is 0. The highest BCUT2D eigenvalue weighted by atomic mass is 16.1. The minimum Gasteiger partial charge on any atom is -0.356 e. The summed E-state index contributed by atoms with van der Waals surface area (Å²) in [6.45, 7) is 8.84. The van der Waals surface area contributed by atoms with E-state index in [9.17, 15) is 4.79 Å². The number of carbonyl (C=O) groups excluding carboxylic acids is 1. The fourth-order valence-electron chi connectivity index (χ4n) is 1.61. The van der Waals surface area contributed by atoms with E-state index in [1.807, 2.05) is 25.6 Å². The van der Waals surface area contributed by atoms with Crippen molar-refractivity contribution in [3.63, 3.8) is 0 Å². The Labute approximate surface area is 97.0 Å². The third-order valence-electron chi connectivity index (χ3n) is 2.70. The van der Waals surface area contributed by atoms with E-state index in [1.165, 1.54) is 0 Å². The van der Waals surface area contributed by atoms with Crippen LogP contribution in [0.15, 0.2) is 0 Å². The van der Waals surface area contributed by atoms with Crippen molar-refractivity contribution in [2.75, 3.05) is 6.54 Å². The van der Waals surface area contributed by atoms with Crippen LogP contribution in [0.4, 0.5) is 0 Å². The zero-order valence-corrected chi connectivity index (χ0v) is 10.8. The van der Waals surface area contributed by atoms with Gasteiger partial charge in [-0.3, -0.25) is 9.48 Å². The summed E-state index contributed by atoms with van der Waals surface area (Å²) in [6.07, 6.45) is 0.429. The van der Waals surface area contributed by atoms with Gasteiger partial charge in [0, 0.05) is 24.8 Å². The number of aryl methyl sites for hydroxylation is 2. The van der Waals surface area contributed by atoms with Gasteiger partial charge in [-0.25, -0.2) is 0 Å². The second kappa shape index (κ2) is 5.14. The largest absolute Gasteiger partial charge is 0.356 e. The summed E-state index contributed by atoms with van der Waals surface area (Å²) in [5.41, 5.74) is 3.06. The summed E-state index contributed by atoms with van der Waals surface area (Å²) < 4.78 is 1.82. The number of carbonyl (C=O) groups is 1. The zero-order valence-electron chi connectivity index (χ0n) is 10.8. The molecule has 1 aromatic heterocycles. The lowest BCUT2D eigenvalue weighted by atomic mass is 10.1. The van der Waals surface area contributed by atoms with Crippen molar-refractivity contribution in [2.24, 2.45) is 13.0 Å². The van der Waals surface area contributed by atoms with E-state index in [2.05, 4.69) is 24.3 Å². The number of nitrogens with zero attached hydrogens (tertiary/aromatic N) is 2. The lowest BCUT2D eigenvalue weighted by Gasteiger charge is -2.07. The summed E-state index contributed by atoms with van der Waals surface area (Å²) >= 11 is 0. The molecule has 0 spiro atoms. The van der Waals surface area contributed by atoms with E-state index in [0.717, 1.165) is 23.5 Å². The maximum absolute atomic E-state index is 11.7. The highest BCUT2D eigenvalue weighted by molar-refractivity contribution is 5.79. The average Bonchev–Trinajstić information content (AvgIpc) is 2.42. The van der Waals surface area contributed by atoms with Crippen LogP contribution in [0, 0.1) is 19.8 Å². The molecule has 0 saturated carbocycles. The van der Waals surface area contributed by atoms with Gasteiger partial charge in [0.15, 0.2) is 0 Å². The third-order valence-corrected chi connectivity index (χ3v) is 2.70. The van der Waals surface area contributed by atoms with Crippen molar-refractivity contribution < 1.29 is 4.79 Å². The molecule has 1 amide bonds. The minimum atomic E-state index is 0.0768. The van der Waals surface area contributed by atoms with Crippen molar-refractivity contribution in [1.82, 2.24) is 15.1 Å². The zero-order chi connectivity index (χ0) is 12.3. The van der Waals surface area contributed by atoms with Gasteiger partial charge in [-0.15, -0.1) is 0 Å². The SMILES string of the molecule is Cc1nn(C)c(C)c1CC(=O)NCC(C)C. The second-order valence-corrected chi connectivity index (χ2v) is 4.65. The van der Waals surface area contributed by atoms with Gasteiger partial charge in [0.1, 0.15) is 0 Å². The van der Waals surface area contributed by atoms with Crippen LogP contribution in [-0.4, -0.2) is 22.2 Å². The Morgan fingerprint density at radius 3 is 2.50 bits per heavy atom. The molecule has 90 valence electrons. The Kier molecular flexibility index (Phi) is 4.10. The van der Waals surface area contributed by atoms with Gasteiger partial charge in [0.05, 0.1) is 12.1 Å². The van der Waals surface area contributed by atoms with E-state index >= 15 is 0 Å². The fraction of sp³-hybridized carbons (Fsp3) is 0.667. The molecule has 1 heterocycles. The van der Waals surface area contributed by atoms with Crippen LogP contribution in [0.5, 0.6) is 0 Å². The van der Waals surface area contributed by atoms with Crippen molar-refractivity contribution in [3.8, 4) is 0 Å². The van der Waals surface area contributed by atoms with Gasteiger partial charge in [0.2, 0.25) is 5.91 Å². The Balaban J connectivity index is 2.63. The lowest BCUT2D eigenvalue weighted by molar-refractivity contribution is -0.120. The van der Waals surface area contributed by atoms with Crippen molar-refractivity contribution in [1.29, 1.82) is 0 Å². The summed E-state index contributed by atoms with van der Waals surface area (Å²) in [5, 5.41) is 7.21. The first-order valence-corrected chi connectivity index (χ1v) is 5.67. The average molecular weight is 223 g/mol. The molecular weight excluding hydrogens is 202 g/mol. The lowest BCUT2D eigenvalue weighted by Crippen LogP contribution is -2.29. The molecule has 0 aliphatic heterocycles. The second-order valence-electron chi connectivity index (χ2n) is 4.65. The van der Waals surface area contributed by atoms with Crippen LogP contribution < -0.4 is 5.32 Å². The topological polar surface area (TPSA) is 46.9 Å². The first kappa shape index (κ1) is 12.7. The normalized spacial score (nSPS) is 10.9. The van der Waals surface area contributed by atoms with Crippen LogP contribution in [0.1, 0.15) is 30.8 Å². The first-order valence-electron chi connectivity index (χ1n) is 5.67. The van der Waals surface area contributed by atoms with Crippen molar-refractivity contribution in [2.45, 2.75) is 34.1 Å². The van der Waals surface area contributed by atoms with E-state index in [-0.39, 0.29) is 5.91 Å². The maximum Gasteiger partial charge on any atom is 0.224 e. The first-order chi connectivity index (χ1) is 7.41. The predicted molar refractivity (Wildman–Crippen MR) is 64.2 cm³/mol. The van der Waals surface area contributed by atoms with Gasteiger partial charge in [-0.2, -0.15) is 5.10 Å². The Hall–Kier alpha value is -1.32. The van der Waals surface area contributed by atoms with Gasteiger partial charge in [0.25, 0.3) is 0 Å². The van der Waals surface area contributed by atoms with E-state index in [1.54, 1.807) is 0 Å². The molecular formula is C12H21N3O. The maximum atomic E-state index is 11.7. The molecule has 1 aromatic rings. The van der Waals surface area contributed by atoms with Crippen molar-refractivity contribution in [3.05, 3.63) is 17.0 Å². The van der Waals surface area contributed by atoms with Crippen LogP contribution in [0.3, 0.4) is 0 Å².